The number of amides is 1. The quantitative estimate of drug-likeness (QED) is 0.711. The van der Waals surface area contributed by atoms with E-state index in [1.807, 2.05) is 30.7 Å². The molecule has 0 bridgehead atoms. The highest BCUT2D eigenvalue weighted by Crippen LogP contribution is 2.27. The van der Waals surface area contributed by atoms with E-state index >= 15 is 0 Å². The van der Waals surface area contributed by atoms with E-state index in [2.05, 4.69) is 32.4 Å². The van der Waals surface area contributed by atoms with Crippen molar-refractivity contribution in [1.29, 1.82) is 0 Å². The molecule has 2 aromatic heterocycles. The Balaban J connectivity index is 1.70. The van der Waals surface area contributed by atoms with Gasteiger partial charge in [0.05, 0.1) is 0 Å². The van der Waals surface area contributed by atoms with Gasteiger partial charge in [-0.25, -0.2) is 9.97 Å². The lowest BCUT2D eigenvalue weighted by Crippen LogP contribution is -2.21. The second kappa shape index (κ2) is 6.39. The number of rotatable bonds is 5. The van der Waals surface area contributed by atoms with Crippen LogP contribution < -0.4 is 5.32 Å². The van der Waals surface area contributed by atoms with Crippen LogP contribution in [0.2, 0.25) is 0 Å². The van der Waals surface area contributed by atoms with Crippen molar-refractivity contribution in [3.8, 4) is 11.1 Å². The van der Waals surface area contributed by atoms with Crippen molar-refractivity contribution in [1.82, 2.24) is 20.3 Å². The predicted molar refractivity (Wildman–Crippen MR) is 86.3 cm³/mol. The van der Waals surface area contributed by atoms with Crippen molar-refractivity contribution in [2.24, 2.45) is 0 Å². The van der Waals surface area contributed by atoms with Crippen LogP contribution in [0.1, 0.15) is 19.2 Å². The van der Waals surface area contributed by atoms with Crippen LogP contribution >= 0.6 is 0 Å². The molecule has 1 amide bonds. The number of aryl methyl sites for hydroxylation is 1. The Kier molecular flexibility index (Phi) is 4.14. The Bertz CT molecular complexity index is 777. The van der Waals surface area contributed by atoms with Gasteiger partial charge < -0.3 is 10.3 Å². The molecule has 1 aromatic carbocycles. The molecule has 0 saturated carbocycles. The molecule has 0 saturated heterocycles. The first-order valence-electron chi connectivity index (χ1n) is 7.36. The molecule has 2 heterocycles. The number of carbonyl (C=O) groups is 1. The minimum absolute atomic E-state index is 0.00407. The smallest absolute Gasteiger partial charge is 0.216 e. The van der Waals surface area contributed by atoms with Gasteiger partial charge in [-0.1, -0.05) is 18.2 Å². The van der Waals surface area contributed by atoms with E-state index in [4.69, 9.17) is 0 Å². The maximum atomic E-state index is 10.8. The molecule has 22 heavy (non-hydrogen) atoms. The van der Waals surface area contributed by atoms with Crippen molar-refractivity contribution < 1.29 is 4.79 Å². The summed E-state index contributed by atoms with van der Waals surface area (Å²) in [5.41, 5.74) is 3.22. The third-order valence-corrected chi connectivity index (χ3v) is 3.56. The molecule has 0 aliphatic rings. The normalized spacial score (nSPS) is 10.8. The number of para-hydroxylation sites is 1. The van der Waals surface area contributed by atoms with E-state index in [1.54, 1.807) is 0 Å². The summed E-state index contributed by atoms with van der Waals surface area (Å²) in [4.78, 5) is 22.9. The zero-order chi connectivity index (χ0) is 15.4. The van der Waals surface area contributed by atoms with E-state index in [0.717, 1.165) is 35.3 Å². The fraction of sp³-hybridized carbons (Fsp3) is 0.235. The van der Waals surface area contributed by atoms with Gasteiger partial charge >= 0.3 is 0 Å². The Morgan fingerprint density at radius 1 is 1.23 bits per heavy atom. The number of aromatic nitrogens is 3. The molecule has 0 atom stereocenters. The van der Waals surface area contributed by atoms with Crippen molar-refractivity contribution in [3.05, 3.63) is 48.7 Å². The number of fused-ring (bicyclic) bond motifs is 1. The standard InChI is InChI=1S/C17H18N4O/c1-12(22)18-8-4-7-17-20-9-13(10-21-17)15-11-19-16-6-3-2-5-14(15)16/h2-3,5-6,9-11,19H,4,7-8H2,1H3,(H,18,22). The van der Waals surface area contributed by atoms with Gasteiger partial charge in [0.1, 0.15) is 5.82 Å². The van der Waals surface area contributed by atoms with Crippen LogP contribution in [0.3, 0.4) is 0 Å². The van der Waals surface area contributed by atoms with Crippen LogP contribution in [0.4, 0.5) is 0 Å². The van der Waals surface area contributed by atoms with Crippen molar-refractivity contribution in [2.75, 3.05) is 6.54 Å². The zero-order valence-corrected chi connectivity index (χ0v) is 12.5. The van der Waals surface area contributed by atoms with E-state index in [9.17, 15) is 4.79 Å². The second-order valence-corrected chi connectivity index (χ2v) is 5.22. The zero-order valence-electron chi connectivity index (χ0n) is 12.5. The molecule has 5 nitrogen and oxygen atoms in total. The molecule has 0 fully saturated rings. The van der Waals surface area contributed by atoms with E-state index in [1.165, 1.54) is 12.3 Å². The van der Waals surface area contributed by atoms with Crippen molar-refractivity contribution >= 4 is 16.8 Å². The molecular formula is C17H18N4O. The van der Waals surface area contributed by atoms with Gasteiger partial charge in [0.15, 0.2) is 0 Å². The second-order valence-electron chi connectivity index (χ2n) is 5.22. The average Bonchev–Trinajstić information content (AvgIpc) is 2.96. The summed E-state index contributed by atoms with van der Waals surface area (Å²) in [5.74, 6) is 0.796. The van der Waals surface area contributed by atoms with E-state index in [0.29, 0.717) is 6.54 Å². The van der Waals surface area contributed by atoms with Crippen LogP contribution in [0.5, 0.6) is 0 Å². The largest absolute Gasteiger partial charge is 0.361 e. The number of H-pyrrole nitrogens is 1. The highest BCUT2D eigenvalue weighted by Gasteiger charge is 2.06. The molecule has 3 rings (SSSR count). The molecule has 3 aromatic rings. The highest BCUT2D eigenvalue weighted by molar-refractivity contribution is 5.95. The van der Waals surface area contributed by atoms with Crippen LogP contribution in [0.15, 0.2) is 42.9 Å². The molecule has 0 aliphatic heterocycles. The van der Waals surface area contributed by atoms with Crippen LogP contribution in [0, 0.1) is 0 Å². The first-order chi connectivity index (χ1) is 10.7. The first kappa shape index (κ1) is 14.3. The Hall–Kier alpha value is -2.69. The summed E-state index contributed by atoms with van der Waals surface area (Å²) in [6.45, 7) is 2.18. The van der Waals surface area contributed by atoms with Gasteiger partial charge in [-0.05, 0) is 12.5 Å². The van der Waals surface area contributed by atoms with E-state index < -0.39 is 0 Å². The third-order valence-electron chi connectivity index (χ3n) is 3.56. The molecule has 112 valence electrons. The van der Waals surface area contributed by atoms with Crippen LogP contribution in [-0.2, 0) is 11.2 Å². The fourth-order valence-corrected chi connectivity index (χ4v) is 2.44. The van der Waals surface area contributed by atoms with Crippen LogP contribution in [0.25, 0.3) is 22.0 Å². The SMILES string of the molecule is CC(=O)NCCCc1ncc(-c2c[nH]c3ccccc23)cn1. The number of nitrogens with one attached hydrogen (secondary N) is 2. The molecule has 0 spiro atoms. The molecule has 5 heteroatoms. The maximum absolute atomic E-state index is 10.8. The highest BCUT2D eigenvalue weighted by atomic mass is 16.1. The molecule has 0 aliphatic carbocycles. The third kappa shape index (κ3) is 3.14. The minimum Gasteiger partial charge on any atom is -0.361 e. The van der Waals surface area contributed by atoms with Gasteiger partial charge in [-0.2, -0.15) is 0 Å². The predicted octanol–water partition coefficient (Wildman–Crippen LogP) is 2.69. The molecule has 0 radical (unpaired) electrons. The lowest BCUT2D eigenvalue weighted by Gasteiger charge is -2.03. The summed E-state index contributed by atoms with van der Waals surface area (Å²) in [5, 5.41) is 3.94. The number of hydrogen-bond donors (Lipinski definition) is 2. The summed E-state index contributed by atoms with van der Waals surface area (Å²) in [7, 11) is 0. The Morgan fingerprint density at radius 2 is 2.00 bits per heavy atom. The van der Waals surface area contributed by atoms with Gasteiger partial charge in [-0.3, -0.25) is 4.79 Å². The average molecular weight is 294 g/mol. The van der Waals surface area contributed by atoms with Gasteiger partial charge in [0.25, 0.3) is 0 Å². The Labute approximate surface area is 128 Å². The number of nitrogens with zero attached hydrogens (tertiary/aromatic N) is 2. The minimum atomic E-state index is -0.00407. The lowest BCUT2D eigenvalue weighted by molar-refractivity contribution is -0.118. The van der Waals surface area contributed by atoms with Crippen molar-refractivity contribution in [3.63, 3.8) is 0 Å². The topological polar surface area (TPSA) is 70.7 Å². The van der Waals surface area contributed by atoms with Gasteiger partial charge in [0.2, 0.25) is 5.91 Å². The lowest BCUT2D eigenvalue weighted by atomic mass is 10.1. The number of aromatic amines is 1. The molecule has 2 N–H and O–H groups in total. The number of carbonyl (C=O) groups excluding carboxylic acids is 1. The number of benzene rings is 1. The summed E-state index contributed by atoms with van der Waals surface area (Å²) in [6, 6.07) is 8.17. The van der Waals surface area contributed by atoms with Gasteiger partial charge in [-0.15, -0.1) is 0 Å². The molecule has 0 unspecified atom stereocenters. The maximum Gasteiger partial charge on any atom is 0.216 e. The first-order valence-corrected chi connectivity index (χ1v) is 7.36. The fourth-order valence-electron chi connectivity index (χ4n) is 2.44. The van der Waals surface area contributed by atoms with Gasteiger partial charge in [0, 0.05) is 60.5 Å². The summed E-state index contributed by atoms with van der Waals surface area (Å²) < 4.78 is 0. The van der Waals surface area contributed by atoms with E-state index in [-0.39, 0.29) is 5.91 Å². The van der Waals surface area contributed by atoms with Crippen molar-refractivity contribution in [2.45, 2.75) is 19.8 Å². The monoisotopic (exact) mass is 294 g/mol. The summed E-state index contributed by atoms with van der Waals surface area (Å²) in [6.07, 6.45) is 7.30. The number of hydrogen-bond acceptors (Lipinski definition) is 3. The Morgan fingerprint density at radius 3 is 2.77 bits per heavy atom. The van der Waals surface area contributed by atoms with Crippen LogP contribution in [-0.4, -0.2) is 27.4 Å². The summed E-state index contributed by atoms with van der Waals surface area (Å²) >= 11 is 0. The molecular weight excluding hydrogens is 276 g/mol.